The molecule has 0 radical (unpaired) electrons. The van der Waals surface area contributed by atoms with Crippen LogP contribution >= 0.6 is 11.8 Å². The highest BCUT2D eigenvalue weighted by molar-refractivity contribution is 7.99. The van der Waals surface area contributed by atoms with E-state index in [1.165, 1.54) is 17.3 Å². The second kappa shape index (κ2) is 8.15. The van der Waals surface area contributed by atoms with E-state index in [0.29, 0.717) is 16.7 Å². The van der Waals surface area contributed by atoms with Gasteiger partial charge in [0.05, 0.1) is 5.75 Å². The van der Waals surface area contributed by atoms with Crippen LogP contribution in [-0.4, -0.2) is 32.4 Å². The minimum atomic E-state index is -0.182. The Kier molecular flexibility index (Phi) is 6.20. The topological polar surface area (TPSA) is 70.7 Å². The molecule has 1 heterocycles. The number of aromatic nitrogens is 3. The summed E-state index contributed by atoms with van der Waals surface area (Å²) in [7, 11) is 0. The number of amides is 1. The fourth-order valence-electron chi connectivity index (χ4n) is 1.97. The first-order chi connectivity index (χ1) is 11.4. The van der Waals surface area contributed by atoms with Gasteiger partial charge in [0, 0.05) is 5.54 Å². The van der Waals surface area contributed by atoms with Gasteiger partial charge in [-0.2, -0.15) is 0 Å². The summed E-state index contributed by atoms with van der Waals surface area (Å²) < 4.78 is 0. The lowest BCUT2D eigenvalue weighted by Crippen LogP contribution is -2.43. The summed E-state index contributed by atoms with van der Waals surface area (Å²) in [5, 5.41) is 10.6. The van der Waals surface area contributed by atoms with Crippen LogP contribution < -0.4 is 5.32 Å². The number of nitrogens with zero attached hydrogens (tertiary/aromatic N) is 2. The van der Waals surface area contributed by atoms with Gasteiger partial charge in [0.15, 0.2) is 0 Å². The number of carbonyl (C=O) groups is 1. The van der Waals surface area contributed by atoms with Crippen molar-refractivity contribution in [3.8, 4) is 0 Å². The summed E-state index contributed by atoms with van der Waals surface area (Å²) in [5.74, 6) is 0.978. The predicted octanol–water partition coefficient (Wildman–Crippen LogP) is 3.68. The molecular formula is C18H24N4OS. The molecule has 0 atom stereocenters. The average Bonchev–Trinajstić information content (AvgIpc) is 3.00. The van der Waals surface area contributed by atoms with Crippen molar-refractivity contribution in [3.63, 3.8) is 0 Å². The summed E-state index contributed by atoms with van der Waals surface area (Å²) in [5.41, 5.74) is 2.17. The maximum Gasteiger partial charge on any atom is 0.230 e. The van der Waals surface area contributed by atoms with Gasteiger partial charge in [0.25, 0.3) is 0 Å². The summed E-state index contributed by atoms with van der Waals surface area (Å²) in [6, 6.07) is 8.14. The molecule has 0 saturated heterocycles. The van der Waals surface area contributed by atoms with Gasteiger partial charge in [-0.25, -0.2) is 4.98 Å². The molecule has 128 valence electrons. The number of aryl methyl sites for hydroxylation is 1. The molecule has 24 heavy (non-hydrogen) atoms. The minimum absolute atomic E-state index is 0.00588. The van der Waals surface area contributed by atoms with E-state index < -0.39 is 0 Å². The van der Waals surface area contributed by atoms with Gasteiger partial charge in [-0.05, 0) is 44.4 Å². The Morgan fingerprint density at radius 1 is 1.33 bits per heavy atom. The molecule has 0 fully saturated rings. The summed E-state index contributed by atoms with van der Waals surface area (Å²) in [4.78, 5) is 16.3. The fourth-order valence-corrected chi connectivity index (χ4v) is 2.58. The average molecular weight is 344 g/mol. The normalized spacial score (nSPS) is 11.8. The van der Waals surface area contributed by atoms with E-state index in [1.54, 1.807) is 0 Å². The van der Waals surface area contributed by atoms with Crippen molar-refractivity contribution < 1.29 is 4.79 Å². The van der Waals surface area contributed by atoms with E-state index in [1.807, 2.05) is 38.1 Å². The Labute approximate surface area is 147 Å². The maximum absolute atomic E-state index is 11.9. The van der Waals surface area contributed by atoms with Crippen LogP contribution in [0.25, 0.3) is 12.2 Å². The molecule has 6 heteroatoms. The Bertz CT molecular complexity index is 721. The Morgan fingerprint density at radius 2 is 2.08 bits per heavy atom. The van der Waals surface area contributed by atoms with Gasteiger partial charge in [-0.15, -0.1) is 5.10 Å². The van der Waals surface area contributed by atoms with Crippen LogP contribution in [0.5, 0.6) is 0 Å². The molecule has 0 aliphatic carbocycles. The summed E-state index contributed by atoms with van der Waals surface area (Å²) >= 11 is 1.33. The van der Waals surface area contributed by atoms with E-state index in [4.69, 9.17) is 0 Å². The second-order valence-electron chi connectivity index (χ2n) is 6.27. The van der Waals surface area contributed by atoms with E-state index in [0.717, 1.165) is 12.0 Å². The Morgan fingerprint density at radius 3 is 2.79 bits per heavy atom. The third-order valence-corrected chi connectivity index (χ3v) is 4.63. The zero-order valence-corrected chi connectivity index (χ0v) is 15.4. The molecule has 0 spiro atoms. The van der Waals surface area contributed by atoms with Gasteiger partial charge in [0.2, 0.25) is 11.1 Å². The molecule has 2 rings (SSSR count). The van der Waals surface area contributed by atoms with Crippen molar-refractivity contribution in [1.82, 2.24) is 20.5 Å². The molecule has 5 nitrogen and oxygen atoms in total. The van der Waals surface area contributed by atoms with Gasteiger partial charge >= 0.3 is 0 Å². The maximum atomic E-state index is 11.9. The minimum Gasteiger partial charge on any atom is -0.351 e. The lowest BCUT2D eigenvalue weighted by atomic mass is 10.0. The number of nitrogens with one attached hydrogen (secondary N) is 2. The predicted molar refractivity (Wildman–Crippen MR) is 99.7 cm³/mol. The monoisotopic (exact) mass is 344 g/mol. The van der Waals surface area contributed by atoms with Gasteiger partial charge in [0.1, 0.15) is 5.82 Å². The highest BCUT2D eigenvalue weighted by atomic mass is 32.2. The number of aromatic amines is 1. The molecule has 0 unspecified atom stereocenters. The van der Waals surface area contributed by atoms with Crippen molar-refractivity contribution in [2.75, 3.05) is 5.75 Å². The zero-order chi connectivity index (χ0) is 17.6. The number of hydrogen-bond donors (Lipinski definition) is 2. The van der Waals surface area contributed by atoms with Crippen LogP contribution in [0.3, 0.4) is 0 Å². The molecule has 0 aliphatic rings. The molecular weight excluding hydrogens is 320 g/mol. The van der Waals surface area contributed by atoms with Crippen molar-refractivity contribution in [2.45, 2.75) is 44.8 Å². The highest BCUT2D eigenvalue weighted by Crippen LogP contribution is 2.15. The fraction of sp³-hybridized carbons (Fsp3) is 0.389. The molecule has 0 saturated carbocycles. The lowest BCUT2D eigenvalue weighted by molar-refractivity contribution is -0.120. The second-order valence-corrected chi connectivity index (χ2v) is 7.21. The molecule has 2 N–H and O–H groups in total. The molecule has 0 aliphatic heterocycles. The van der Waals surface area contributed by atoms with Crippen molar-refractivity contribution in [3.05, 3.63) is 41.2 Å². The van der Waals surface area contributed by atoms with Crippen LogP contribution in [0.4, 0.5) is 0 Å². The molecule has 0 bridgehead atoms. The first-order valence-corrected chi connectivity index (χ1v) is 8.98. The largest absolute Gasteiger partial charge is 0.351 e. The van der Waals surface area contributed by atoms with Crippen LogP contribution in [0.15, 0.2) is 29.4 Å². The van der Waals surface area contributed by atoms with Crippen LogP contribution in [0.1, 0.15) is 44.1 Å². The van der Waals surface area contributed by atoms with Crippen LogP contribution in [0, 0.1) is 6.92 Å². The first-order valence-electron chi connectivity index (χ1n) is 7.99. The quantitative estimate of drug-likeness (QED) is 0.752. The van der Waals surface area contributed by atoms with E-state index in [2.05, 4.69) is 46.5 Å². The van der Waals surface area contributed by atoms with Gasteiger partial charge < -0.3 is 5.32 Å². The van der Waals surface area contributed by atoms with Gasteiger partial charge in [-0.1, -0.05) is 49.0 Å². The summed E-state index contributed by atoms with van der Waals surface area (Å²) in [6.45, 7) is 8.14. The molecule has 1 aromatic heterocycles. The lowest BCUT2D eigenvalue weighted by Gasteiger charge is -2.24. The number of rotatable bonds is 7. The number of thioether (sulfide) groups is 1. The van der Waals surface area contributed by atoms with Crippen molar-refractivity contribution in [2.24, 2.45) is 0 Å². The van der Waals surface area contributed by atoms with Crippen molar-refractivity contribution in [1.29, 1.82) is 0 Å². The number of carbonyl (C=O) groups excluding carboxylic acids is 1. The number of hydrogen-bond acceptors (Lipinski definition) is 4. The Hall–Kier alpha value is -2.08. The number of benzene rings is 1. The zero-order valence-electron chi connectivity index (χ0n) is 14.6. The first kappa shape index (κ1) is 18.3. The van der Waals surface area contributed by atoms with E-state index in [-0.39, 0.29) is 11.4 Å². The van der Waals surface area contributed by atoms with E-state index in [9.17, 15) is 4.79 Å². The van der Waals surface area contributed by atoms with Crippen LogP contribution in [0.2, 0.25) is 0 Å². The standard InChI is InChI=1S/C18H24N4OS/c1-5-18(3,4)20-16(23)12-24-17-19-15(21-22-17)11-10-14-9-7-6-8-13(14)2/h6-11H,5,12H2,1-4H3,(H,20,23)(H,19,21,22). The third-order valence-electron chi connectivity index (χ3n) is 3.79. The summed E-state index contributed by atoms with van der Waals surface area (Å²) in [6.07, 6.45) is 4.78. The van der Waals surface area contributed by atoms with Crippen molar-refractivity contribution >= 4 is 29.8 Å². The van der Waals surface area contributed by atoms with E-state index >= 15 is 0 Å². The molecule has 1 aromatic carbocycles. The SMILES string of the molecule is CCC(C)(C)NC(=O)CSc1n[nH]c(C=Cc2ccccc2C)n1. The molecule has 1 amide bonds. The smallest absolute Gasteiger partial charge is 0.230 e. The third kappa shape index (κ3) is 5.53. The van der Waals surface area contributed by atoms with Gasteiger partial charge in [-0.3, -0.25) is 9.89 Å². The highest BCUT2D eigenvalue weighted by Gasteiger charge is 2.18. The number of H-pyrrole nitrogens is 1. The Balaban J connectivity index is 1.89. The molecule has 2 aromatic rings. The van der Waals surface area contributed by atoms with Crippen LogP contribution in [-0.2, 0) is 4.79 Å².